The van der Waals surface area contributed by atoms with Crippen LogP contribution in [0.3, 0.4) is 0 Å². The summed E-state index contributed by atoms with van der Waals surface area (Å²) in [6, 6.07) is 7.55. The summed E-state index contributed by atoms with van der Waals surface area (Å²) in [4.78, 5) is 15.7. The zero-order valence-corrected chi connectivity index (χ0v) is 16.4. The third kappa shape index (κ3) is 8.43. The van der Waals surface area contributed by atoms with E-state index < -0.39 is 5.60 Å². The molecule has 0 aliphatic heterocycles. The lowest BCUT2D eigenvalue weighted by Crippen LogP contribution is -2.41. The van der Waals surface area contributed by atoms with E-state index >= 15 is 0 Å². The molecule has 0 heterocycles. The van der Waals surface area contributed by atoms with Gasteiger partial charge >= 0.3 is 5.97 Å². The largest absolute Gasteiger partial charge is 0.459 e. The lowest BCUT2D eigenvalue weighted by atomic mass is 10.2. The van der Waals surface area contributed by atoms with Crippen LogP contribution in [-0.2, 0) is 16.1 Å². The van der Waals surface area contributed by atoms with Gasteiger partial charge in [0.1, 0.15) is 12.1 Å². The summed E-state index contributed by atoms with van der Waals surface area (Å²) < 4.78 is 5.21. The number of aliphatic imine (C=N–C) groups is 1. The van der Waals surface area contributed by atoms with Crippen LogP contribution >= 0.6 is 35.6 Å². The quantitative estimate of drug-likeness (QED) is 0.328. The molecule has 124 valence electrons. The van der Waals surface area contributed by atoms with Crippen LogP contribution < -0.4 is 10.6 Å². The number of carbonyl (C=O) groups is 1. The minimum Gasteiger partial charge on any atom is -0.459 e. The fourth-order valence-corrected chi connectivity index (χ4v) is 1.78. The van der Waals surface area contributed by atoms with Crippen molar-refractivity contribution >= 4 is 47.5 Å². The van der Waals surface area contributed by atoms with Crippen molar-refractivity contribution in [3.8, 4) is 0 Å². The molecule has 0 saturated heterocycles. The van der Waals surface area contributed by atoms with Gasteiger partial charge in [0.2, 0.25) is 0 Å². The van der Waals surface area contributed by atoms with Crippen molar-refractivity contribution in [2.24, 2.45) is 4.99 Å². The zero-order valence-electron chi connectivity index (χ0n) is 13.3. The molecule has 0 aromatic heterocycles. The predicted molar refractivity (Wildman–Crippen MR) is 101 cm³/mol. The van der Waals surface area contributed by atoms with Crippen LogP contribution in [0.2, 0.25) is 5.02 Å². The number of nitrogens with one attached hydrogen (secondary N) is 2. The Morgan fingerprint density at radius 1 is 1.27 bits per heavy atom. The maximum absolute atomic E-state index is 11.6. The highest BCUT2D eigenvalue weighted by Gasteiger charge is 2.16. The second-order valence-corrected chi connectivity index (χ2v) is 5.86. The van der Waals surface area contributed by atoms with Gasteiger partial charge in [0, 0.05) is 18.6 Å². The lowest BCUT2D eigenvalue weighted by Gasteiger charge is -2.20. The molecule has 0 amide bonds. The second kappa shape index (κ2) is 9.89. The van der Waals surface area contributed by atoms with Gasteiger partial charge in [-0.2, -0.15) is 0 Å². The van der Waals surface area contributed by atoms with Crippen molar-refractivity contribution in [2.45, 2.75) is 32.9 Å². The number of rotatable bonds is 4. The van der Waals surface area contributed by atoms with Gasteiger partial charge in [-0.25, -0.2) is 0 Å². The highest BCUT2D eigenvalue weighted by molar-refractivity contribution is 14.0. The van der Waals surface area contributed by atoms with Gasteiger partial charge in [0.25, 0.3) is 0 Å². The summed E-state index contributed by atoms with van der Waals surface area (Å²) >= 11 is 6.08. The Morgan fingerprint density at radius 3 is 2.45 bits per heavy atom. The Bertz CT molecular complexity index is 516. The van der Waals surface area contributed by atoms with Crippen LogP contribution in [0.4, 0.5) is 0 Å². The SMILES string of the molecule is CN=C(NCC(=O)OC(C)(C)C)NCc1ccccc1Cl.I. The van der Waals surface area contributed by atoms with Gasteiger partial charge < -0.3 is 15.4 Å². The van der Waals surface area contributed by atoms with E-state index in [0.717, 1.165) is 5.56 Å². The molecular weight excluding hydrogens is 417 g/mol. The predicted octanol–water partition coefficient (Wildman–Crippen LogP) is 2.96. The number of nitrogens with zero attached hydrogens (tertiary/aromatic N) is 1. The number of guanidine groups is 1. The molecule has 1 aromatic rings. The fourth-order valence-electron chi connectivity index (χ4n) is 1.57. The van der Waals surface area contributed by atoms with Crippen molar-refractivity contribution in [2.75, 3.05) is 13.6 Å². The number of esters is 1. The Morgan fingerprint density at radius 2 is 1.91 bits per heavy atom. The van der Waals surface area contributed by atoms with E-state index in [0.29, 0.717) is 17.5 Å². The minimum atomic E-state index is -0.493. The molecule has 0 aliphatic rings. The average Bonchev–Trinajstić information content (AvgIpc) is 2.38. The molecule has 0 aliphatic carbocycles. The Hall–Kier alpha value is -1.02. The fraction of sp³-hybridized carbons (Fsp3) is 0.467. The monoisotopic (exact) mass is 439 g/mol. The molecule has 22 heavy (non-hydrogen) atoms. The first kappa shape index (κ1) is 21.0. The van der Waals surface area contributed by atoms with Crippen molar-refractivity contribution in [1.29, 1.82) is 0 Å². The summed E-state index contributed by atoms with van der Waals surface area (Å²) in [7, 11) is 1.64. The molecule has 0 fully saturated rings. The molecule has 5 nitrogen and oxygen atoms in total. The van der Waals surface area contributed by atoms with Crippen molar-refractivity contribution < 1.29 is 9.53 Å². The van der Waals surface area contributed by atoms with Crippen molar-refractivity contribution in [3.05, 3.63) is 34.9 Å². The summed E-state index contributed by atoms with van der Waals surface area (Å²) in [5.74, 6) is 0.184. The maximum atomic E-state index is 11.6. The third-order valence-electron chi connectivity index (χ3n) is 2.45. The van der Waals surface area contributed by atoms with Crippen LogP contribution in [0.25, 0.3) is 0 Å². The van der Waals surface area contributed by atoms with E-state index in [4.69, 9.17) is 16.3 Å². The summed E-state index contributed by atoms with van der Waals surface area (Å²) in [5, 5.41) is 6.68. The summed E-state index contributed by atoms with van der Waals surface area (Å²) in [6.07, 6.45) is 0. The molecule has 0 spiro atoms. The van der Waals surface area contributed by atoms with E-state index in [9.17, 15) is 4.79 Å². The molecule has 2 N–H and O–H groups in total. The van der Waals surface area contributed by atoms with E-state index in [1.54, 1.807) is 7.05 Å². The molecular formula is C15H23ClIN3O2. The first-order chi connectivity index (χ1) is 9.81. The third-order valence-corrected chi connectivity index (χ3v) is 2.82. The normalized spacial score (nSPS) is 11.4. The molecule has 7 heteroatoms. The minimum absolute atomic E-state index is 0. The highest BCUT2D eigenvalue weighted by atomic mass is 127. The molecule has 0 atom stereocenters. The van der Waals surface area contributed by atoms with Gasteiger partial charge in [-0.15, -0.1) is 24.0 Å². The van der Waals surface area contributed by atoms with E-state index in [1.807, 2.05) is 45.0 Å². The Balaban J connectivity index is 0.00000441. The first-order valence-corrected chi connectivity index (χ1v) is 7.09. The van der Waals surface area contributed by atoms with Crippen LogP contribution in [0.1, 0.15) is 26.3 Å². The zero-order chi connectivity index (χ0) is 15.9. The maximum Gasteiger partial charge on any atom is 0.325 e. The van der Waals surface area contributed by atoms with Gasteiger partial charge in [0.05, 0.1) is 0 Å². The standard InChI is InChI=1S/C15H22ClN3O2.HI/c1-15(2,3)21-13(20)10-19-14(17-4)18-9-11-7-5-6-8-12(11)16;/h5-8H,9-10H2,1-4H3,(H2,17,18,19);1H. The molecule has 0 radical (unpaired) electrons. The molecule has 0 saturated carbocycles. The molecule has 1 rings (SSSR count). The average molecular weight is 440 g/mol. The van der Waals surface area contributed by atoms with Gasteiger partial charge in [-0.1, -0.05) is 29.8 Å². The lowest BCUT2D eigenvalue weighted by molar-refractivity contribution is -0.153. The highest BCUT2D eigenvalue weighted by Crippen LogP contribution is 2.14. The number of hydrogen-bond acceptors (Lipinski definition) is 3. The van der Waals surface area contributed by atoms with Gasteiger partial charge in [-0.05, 0) is 32.4 Å². The van der Waals surface area contributed by atoms with Crippen LogP contribution in [0.5, 0.6) is 0 Å². The van der Waals surface area contributed by atoms with Crippen LogP contribution in [-0.4, -0.2) is 31.1 Å². The van der Waals surface area contributed by atoms with Crippen LogP contribution in [0.15, 0.2) is 29.3 Å². The van der Waals surface area contributed by atoms with E-state index in [1.165, 1.54) is 0 Å². The first-order valence-electron chi connectivity index (χ1n) is 6.71. The smallest absolute Gasteiger partial charge is 0.325 e. The Kier molecular flexibility index (Phi) is 9.43. The molecule has 0 bridgehead atoms. The van der Waals surface area contributed by atoms with E-state index in [2.05, 4.69) is 15.6 Å². The number of hydrogen-bond donors (Lipinski definition) is 2. The van der Waals surface area contributed by atoms with Crippen molar-refractivity contribution in [1.82, 2.24) is 10.6 Å². The number of carbonyl (C=O) groups excluding carboxylic acids is 1. The number of halogens is 2. The van der Waals surface area contributed by atoms with Crippen LogP contribution in [0, 0.1) is 0 Å². The Labute approximate surface area is 153 Å². The molecule has 1 aromatic carbocycles. The topological polar surface area (TPSA) is 62.7 Å². The van der Waals surface area contributed by atoms with Gasteiger partial charge in [0.15, 0.2) is 5.96 Å². The van der Waals surface area contributed by atoms with Gasteiger partial charge in [-0.3, -0.25) is 9.79 Å². The number of benzene rings is 1. The summed E-state index contributed by atoms with van der Waals surface area (Å²) in [5.41, 5.74) is 0.465. The summed E-state index contributed by atoms with van der Waals surface area (Å²) in [6.45, 7) is 6.06. The second-order valence-electron chi connectivity index (χ2n) is 5.46. The van der Waals surface area contributed by atoms with E-state index in [-0.39, 0.29) is 36.5 Å². The molecule has 0 unspecified atom stereocenters. The number of ether oxygens (including phenoxy) is 1. The van der Waals surface area contributed by atoms with Crippen molar-refractivity contribution in [3.63, 3.8) is 0 Å².